The van der Waals surface area contributed by atoms with E-state index in [9.17, 15) is 13.2 Å². The van der Waals surface area contributed by atoms with Gasteiger partial charge in [-0.2, -0.15) is 4.31 Å². The lowest BCUT2D eigenvalue weighted by Gasteiger charge is -2.32. The van der Waals surface area contributed by atoms with Crippen molar-refractivity contribution in [3.05, 3.63) is 29.8 Å². The van der Waals surface area contributed by atoms with Gasteiger partial charge in [0.1, 0.15) is 0 Å². The van der Waals surface area contributed by atoms with Gasteiger partial charge in [-0.25, -0.2) is 8.42 Å². The molecular formula is C20H34N3O3S+. The van der Waals surface area contributed by atoms with Crippen LogP contribution in [0.3, 0.4) is 0 Å². The predicted molar refractivity (Wildman–Crippen MR) is 107 cm³/mol. The Kier molecular flexibility index (Phi) is 7.42. The molecule has 1 aliphatic rings. The molecule has 0 aromatic heterocycles. The molecule has 1 saturated heterocycles. The summed E-state index contributed by atoms with van der Waals surface area (Å²) in [4.78, 5) is 15.5. The van der Waals surface area contributed by atoms with Crippen molar-refractivity contribution in [3.8, 4) is 0 Å². The standard InChI is InChI=1S/C20H33N3O3S/c1-6-17(4)18-7-9-19(10-8-18)27(25,26)23-13-11-22(12-14-23)15-20(24)21(5)16(2)3/h7-10,16-17H,6,11-15H2,1-5H3/p+1/t17-/m1/s1. The van der Waals surface area contributed by atoms with Gasteiger partial charge in [0, 0.05) is 13.1 Å². The fraction of sp³-hybridized carbons (Fsp3) is 0.650. The van der Waals surface area contributed by atoms with Crippen LogP contribution in [0.2, 0.25) is 0 Å². The summed E-state index contributed by atoms with van der Waals surface area (Å²) in [5, 5.41) is 0. The molecular weight excluding hydrogens is 362 g/mol. The molecule has 7 heteroatoms. The maximum atomic E-state index is 12.9. The molecule has 1 aromatic rings. The van der Waals surface area contributed by atoms with Gasteiger partial charge in [0.25, 0.3) is 5.91 Å². The molecule has 1 aromatic carbocycles. The number of carbonyl (C=O) groups is 1. The molecule has 1 amide bonds. The van der Waals surface area contributed by atoms with Gasteiger partial charge in [-0.15, -0.1) is 0 Å². The van der Waals surface area contributed by atoms with Gasteiger partial charge >= 0.3 is 0 Å². The summed E-state index contributed by atoms with van der Waals surface area (Å²) >= 11 is 0. The largest absolute Gasteiger partial charge is 0.338 e. The average molecular weight is 397 g/mol. The smallest absolute Gasteiger partial charge is 0.277 e. The molecule has 0 saturated carbocycles. The number of carbonyl (C=O) groups excluding carboxylic acids is 1. The molecule has 1 aliphatic heterocycles. The Morgan fingerprint density at radius 1 is 1.15 bits per heavy atom. The lowest BCUT2D eigenvalue weighted by atomic mass is 9.99. The first-order chi connectivity index (χ1) is 12.7. The fourth-order valence-electron chi connectivity index (χ4n) is 3.20. The monoisotopic (exact) mass is 396 g/mol. The highest BCUT2D eigenvalue weighted by Crippen LogP contribution is 2.22. The van der Waals surface area contributed by atoms with Crippen molar-refractivity contribution >= 4 is 15.9 Å². The first-order valence-electron chi connectivity index (χ1n) is 9.86. The van der Waals surface area contributed by atoms with Crippen LogP contribution in [0.25, 0.3) is 0 Å². The number of piperazine rings is 1. The van der Waals surface area contributed by atoms with Crippen LogP contribution in [0.4, 0.5) is 0 Å². The van der Waals surface area contributed by atoms with Gasteiger partial charge in [-0.1, -0.05) is 26.0 Å². The molecule has 2 rings (SSSR count). The first-order valence-corrected chi connectivity index (χ1v) is 11.3. The Morgan fingerprint density at radius 2 is 1.70 bits per heavy atom. The third-order valence-electron chi connectivity index (χ3n) is 5.70. The Morgan fingerprint density at radius 3 is 2.19 bits per heavy atom. The van der Waals surface area contributed by atoms with Crippen molar-refractivity contribution in [2.75, 3.05) is 39.8 Å². The van der Waals surface area contributed by atoms with Gasteiger partial charge in [-0.05, 0) is 43.9 Å². The SMILES string of the molecule is CC[C@@H](C)c1ccc(S(=O)(=O)N2CC[NH+](CC(=O)N(C)C(C)C)CC2)cc1. The Labute approximate surface area is 164 Å². The molecule has 1 heterocycles. The summed E-state index contributed by atoms with van der Waals surface area (Å²) in [5.41, 5.74) is 1.17. The summed E-state index contributed by atoms with van der Waals surface area (Å²) in [6, 6.07) is 7.46. The van der Waals surface area contributed by atoms with E-state index in [4.69, 9.17) is 0 Å². The molecule has 0 spiro atoms. The highest BCUT2D eigenvalue weighted by Gasteiger charge is 2.31. The number of likely N-dealkylation sites (N-methyl/N-ethyl adjacent to an activating group) is 1. The second kappa shape index (κ2) is 9.17. The number of quaternary nitrogens is 1. The van der Waals surface area contributed by atoms with Crippen LogP contribution in [0.15, 0.2) is 29.2 Å². The van der Waals surface area contributed by atoms with Gasteiger partial charge < -0.3 is 9.80 Å². The van der Waals surface area contributed by atoms with Gasteiger partial charge in [0.05, 0.1) is 31.1 Å². The van der Waals surface area contributed by atoms with E-state index in [1.54, 1.807) is 21.3 Å². The normalized spacial score (nSPS) is 17.9. The third-order valence-corrected chi connectivity index (χ3v) is 7.61. The predicted octanol–water partition coefficient (Wildman–Crippen LogP) is 0.956. The van der Waals surface area contributed by atoms with Crippen LogP contribution >= 0.6 is 0 Å². The summed E-state index contributed by atoms with van der Waals surface area (Å²) in [6.07, 6.45) is 1.03. The van der Waals surface area contributed by atoms with Crippen molar-refractivity contribution < 1.29 is 18.1 Å². The first kappa shape index (κ1) is 21.9. The molecule has 6 nitrogen and oxygen atoms in total. The Bertz CT molecular complexity index is 723. The molecule has 0 aliphatic carbocycles. The van der Waals surface area contributed by atoms with Crippen molar-refractivity contribution in [2.24, 2.45) is 0 Å². The number of rotatable bonds is 7. The number of amides is 1. The van der Waals surface area contributed by atoms with E-state index in [-0.39, 0.29) is 11.9 Å². The maximum Gasteiger partial charge on any atom is 0.277 e. The number of sulfonamides is 1. The lowest BCUT2D eigenvalue weighted by molar-refractivity contribution is -0.896. The van der Waals surface area contributed by atoms with E-state index in [1.807, 2.05) is 33.0 Å². The Balaban J connectivity index is 1.97. The maximum absolute atomic E-state index is 12.9. The minimum atomic E-state index is -3.47. The molecule has 27 heavy (non-hydrogen) atoms. The van der Waals surface area contributed by atoms with E-state index in [0.717, 1.165) is 11.3 Å². The molecule has 1 fully saturated rings. The van der Waals surface area contributed by atoms with Crippen molar-refractivity contribution in [1.82, 2.24) is 9.21 Å². The molecule has 0 bridgehead atoms. The topological polar surface area (TPSA) is 62.1 Å². The van der Waals surface area contributed by atoms with Crippen LogP contribution in [-0.4, -0.2) is 69.3 Å². The minimum absolute atomic E-state index is 0.108. The van der Waals surface area contributed by atoms with Gasteiger partial charge in [0.2, 0.25) is 10.0 Å². The summed E-state index contributed by atoms with van der Waals surface area (Å²) in [6.45, 7) is 10.9. The molecule has 152 valence electrons. The van der Waals surface area contributed by atoms with E-state index >= 15 is 0 Å². The highest BCUT2D eigenvalue weighted by atomic mass is 32.2. The van der Waals surface area contributed by atoms with E-state index in [1.165, 1.54) is 5.56 Å². The molecule has 0 unspecified atom stereocenters. The highest BCUT2D eigenvalue weighted by molar-refractivity contribution is 7.89. The summed E-state index contributed by atoms with van der Waals surface area (Å²) in [7, 11) is -1.65. The van der Waals surface area contributed by atoms with Crippen molar-refractivity contribution in [3.63, 3.8) is 0 Å². The average Bonchev–Trinajstić information content (AvgIpc) is 2.67. The summed E-state index contributed by atoms with van der Waals surface area (Å²) in [5.74, 6) is 0.535. The van der Waals surface area contributed by atoms with Crippen molar-refractivity contribution in [1.29, 1.82) is 0 Å². The third kappa shape index (κ3) is 5.30. The number of nitrogens with zero attached hydrogens (tertiary/aromatic N) is 2. The number of nitrogens with one attached hydrogen (secondary N) is 1. The van der Waals surface area contributed by atoms with Crippen LogP contribution < -0.4 is 4.90 Å². The van der Waals surface area contributed by atoms with E-state index in [0.29, 0.717) is 43.5 Å². The molecule has 1 atom stereocenters. The second-order valence-corrected chi connectivity index (χ2v) is 9.75. The molecule has 0 radical (unpaired) electrons. The molecule has 1 N–H and O–H groups in total. The zero-order valence-corrected chi connectivity index (χ0v) is 18.1. The Hall–Kier alpha value is -1.44. The van der Waals surface area contributed by atoms with Crippen LogP contribution in [0.1, 0.15) is 45.6 Å². The minimum Gasteiger partial charge on any atom is -0.338 e. The van der Waals surface area contributed by atoms with Crippen LogP contribution in [0.5, 0.6) is 0 Å². The number of hydrogen-bond acceptors (Lipinski definition) is 3. The van der Waals surface area contributed by atoms with E-state index in [2.05, 4.69) is 13.8 Å². The fourth-order valence-corrected chi connectivity index (χ4v) is 4.64. The van der Waals surface area contributed by atoms with Gasteiger partial charge in [-0.3, -0.25) is 4.79 Å². The summed E-state index contributed by atoms with van der Waals surface area (Å²) < 4.78 is 27.4. The number of hydrogen-bond donors (Lipinski definition) is 1. The second-order valence-electron chi connectivity index (χ2n) is 7.81. The van der Waals surface area contributed by atoms with E-state index < -0.39 is 10.0 Å². The van der Waals surface area contributed by atoms with Gasteiger partial charge in [0.15, 0.2) is 6.54 Å². The number of benzene rings is 1. The lowest BCUT2D eigenvalue weighted by Crippen LogP contribution is -3.15. The van der Waals surface area contributed by atoms with Crippen molar-refractivity contribution in [2.45, 2.75) is 51.0 Å². The zero-order valence-electron chi connectivity index (χ0n) is 17.2. The van der Waals surface area contributed by atoms with Crippen LogP contribution in [0, 0.1) is 0 Å². The zero-order chi connectivity index (χ0) is 20.2. The van der Waals surface area contributed by atoms with Crippen LogP contribution in [-0.2, 0) is 14.8 Å². The quantitative estimate of drug-likeness (QED) is 0.747.